The number of carbonyl (C=O) groups is 2. The molecule has 3 aliphatic rings. The smallest absolute Gasteiger partial charge is 0.410 e. The molecule has 0 bridgehead atoms. The molecule has 3 fully saturated rings. The molecule has 2 amide bonds. The van der Waals surface area contributed by atoms with E-state index in [1.807, 2.05) is 23.0 Å². The van der Waals surface area contributed by atoms with Gasteiger partial charge >= 0.3 is 6.09 Å². The van der Waals surface area contributed by atoms with E-state index in [0.29, 0.717) is 41.7 Å². The monoisotopic (exact) mass is 618 g/mol. The Bertz CT molecular complexity index is 1730. The van der Waals surface area contributed by atoms with E-state index in [9.17, 15) is 9.59 Å². The number of ether oxygens (including phenoxy) is 2. The van der Waals surface area contributed by atoms with Crippen molar-refractivity contribution in [3.8, 4) is 5.75 Å². The second-order valence-electron chi connectivity index (χ2n) is 13.7. The largest absolute Gasteiger partial charge is 0.491 e. The molecule has 0 atom stereocenters. The summed E-state index contributed by atoms with van der Waals surface area (Å²) in [5.41, 5.74) is 0.207. The highest BCUT2D eigenvalue weighted by molar-refractivity contribution is 6.09. The predicted molar refractivity (Wildman–Crippen MR) is 165 cm³/mol. The molecule has 7 rings (SSSR count). The van der Waals surface area contributed by atoms with Gasteiger partial charge in [0.2, 0.25) is 0 Å². The number of piperidine rings is 1. The molecular formula is C32H39FN8O4. The van der Waals surface area contributed by atoms with Crippen molar-refractivity contribution in [3.05, 3.63) is 48.5 Å². The van der Waals surface area contributed by atoms with Crippen molar-refractivity contribution in [2.45, 2.75) is 63.8 Å². The average molecular weight is 619 g/mol. The Morgan fingerprint density at radius 1 is 1.13 bits per heavy atom. The van der Waals surface area contributed by atoms with Crippen LogP contribution in [0.3, 0.4) is 0 Å². The molecule has 45 heavy (non-hydrogen) atoms. The third kappa shape index (κ3) is 6.44. The van der Waals surface area contributed by atoms with E-state index in [1.54, 1.807) is 43.7 Å². The molecule has 2 saturated heterocycles. The van der Waals surface area contributed by atoms with E-state index in [2.05, 4.69) is 20.3 Å². The van der Waals surface area contributed by atoms with Crippen molar-refractivity contribution in [1.82, 2.24) is 34.2 Å². The molecule has 1 aliphatic carbocycles. The molecular weight excluding hydrogens is 579 g/mol. The standard InChI is InChI=1S/C32H39FN8O4/c1-31(2,3)45-30(43)39-19-32(33,20-39)18-38-11-7-23(8-12-38)41-16-22-13-26(27(14-25(22)37-41)44-17-21-5-6-21)36-29(42)24-15-35-40-10-4-9-34-28(24)40/h4,9-10,13-16,21,23H,5-8,11-12,17-20H2,1-3H3,(H,36,42). The van der Waals surface area contributed by atoms with Gasteiger partial charge in [-0.25, -0.2) is 18.7 Å². The maximum Gasteiger partial charge on any atom is 0.410 e. The summed E-state index contributed by atoms with van der Waals surface area (Å²) in [6.07, 6.45) is 10.4. The summed E-state index contributed by atoms with van der Waals surface area (Å²) in [5, 5.41) is 13.0. The lowest BCUT2D eigenvalue weighted by molar-refractivity contribution is -0.0668. The second kappa shape index (κ2) is 11.3. The van der Waals surface area contributed by atoms with Gasteiger partial charge < -0.3 is 19.7 Å². The zero-order valence-corrected chi connectivity index (χ0v) is 25.9. The molecule has 12 nitrogen and oxygen atoms in total. The van der Waals surface area contributed by atoms with Gasteiger partial charge in [-0.2, -0.15) is 10.2 Å². The number of rotatable bonds is 8. The van der Waals surface area contributed by atoms with Crippen molar-refractivity contribution < 1.29 is 23.5 Å². The molecule has 3 aromatic heterocycles. The van der Waals surface area contributed by atoms with Gasteiger partial charge in [0.25, 0.3) is 5.91 Å². The van der Waals surface area contributed by atoms with E-state index in [0.717, 1.165) is 49.7 Å². The summed E-state index contributed by atoms with van der Waals surface area (Å²) in [7, 11) is 0. The van der Waals surface area contributed by atoms with Crippen LogP contribution in [0.15, 0.2) is 43.0 Å². The fourth-order valence-corrected chi connectivity index (χ4v) is 6.08. The molecule has 0 radical (unpaired) electrons. The third-order valence-electron chi connectivity index (χ3n) is 8.61. The number of benzene rings is 1. The molecule has 1 saturated carbocycles. The van der Waals surface area contributed by atoms with Crippen LogP contribution in [-0.4, -0.2) is 96.8 Å². The van der Waals surface area contributed by atoms with Crippen LogP contribution in [0.5, 0.6) is 5.75 Å². The molecule has 0 spiro atoms. The van der Waals surface area contributed by atoms with Crippen LogP contribution in [0.4, 0.5) is 14.9 Å². The van der Waals surface area contributed by atoms with Gasteiger partial charge in [0.15, 0.2) is 11.3 Å². The van der Waals surface area contributed by atoms with Crippen molar-refractivity contribution in [2.75, 3.05) is 44.6 Å². The van der Waals surface area contributed by atoms with Gasteiger partial charge in [0.05, 0.1) is 43.1 Å². The van der Waals surface area contributed by atoms with Crippen LogP contribution < -0.4 is 10.1 Å². The number of anilines is 1. The van der Waals surface area contributed by atoms with E-state index < -0.39 is 17.4 Å². The highest BCUT2D eigenvalue weighted by Crippen LogP contribution is 2.36. The van der Waals surface area contributed by atoms with Crippen LogP contribution in [-0.2, 0) is 4.74 Å². The minimum Gasteiger partial charge on any atom is -0.491 e. The summed E-state index contributed by atoms with van der Waals surface area (Å²) in [6, 6.07) is 5.73. The SMILES string of the molecule is CC(C)(C)OC(=O)N1CC(F)(CN2CCC(n3cc4cc(NC(=O)c5cnn6cccnc56)c(OCC5CC5)cc4n3)CC2)C1. The summed E-state index contributed by atoms with van der Waals surface area (Å²) in [6.45, 7) is 7.91. The number of amides is 2. The maximum absolute atomic E-state index is 15.4. The molecule has 1 N–H and O–H groups in total. The average Bonchev–Trinajstić information content (AvgIpc) is 3.56. The van der Waals surface area contributed by atoms with Gasteiger partial charge in [-0.1, -0.05) is 0 Å². The number of nitrogens with one attached hydrogen (secondary N) is 1. The second-order valence-corrected chi connectivity index (χ2v) is 13.7. The summed E-state index contributed by atoms with van der Waals surface area (Å²) in [4.78, 5) is 33.4. The van der Waals surface area contributed by atoms with Crippen molar-refractivity contribution in [1.29, 1.82) is 0 Å². The number of hydrogen-bond acceptors (Lipinski definition) is 8. The number of aromatic nitrogens is 5. The quantitative estimate of drug-likeness (QED) is 0.302. The molecule has 238 valence electrons. The number of hydrogen-bond donors (Lipinski definition) is 1. The first-order valence-electron chi connectivity index (χ1n) is 15.7. The molecule has 2 aliphatic heterocycles. The first-order chi connectivity index (χ1) is 21.5. The predicted octanol–water partition coefficient (Wildman–Crippen LogP) is 4.72. The zero-order chi connectivity index (χ0) is 31.3. The fraction of sp³-hybridized carbons (Fsp3) is 0.531. The number of nitrogens with zero attached hydrogens (tertiary/aromatic N) is 7. The number of carbonyl (C=O) groups excluding carboxylic acids is 2. The topological polar surface area (TPSA) is 119 Å². The van der Waals surface area contributed by atoms with Crippen molar-refractivity contribution in [3.63, 3.8) is 0 Å². The van der Waals surface area contributed by atoms with Crippen LogP contribution in [0.2, 0.25) is 0 Å². The fourth-order valence-electron chi connectivity index (χ4n) is 6.08. The number of likely N-dealkylation sites (tertiary alicyclic amines) is 2. The Hall–Kier alpha value is -4.26. The van der Waals surface area contributed by atoms with Crippen molar-refractivity contribution in [2.24, 2.45) is 5.92 Å². The van der Waals surface area contributed by atoms with Crippen LogP contribution in [0, 0.1) is 5.92 Å². The summed E-state index contributed by atoms with van der Waals surface area (Å²) < 4.78 is 30.5. The van der Waals surface area contributed by atoms with Crippen LogP contribution in [0.1, 0.15) is 62.9 Å². The highest BCUT2D eigenvalue weighted by Gasteiger charge is 2.48. The van der Waals surface area contributed by atoms with E-state index >= 15 is 4.39 Å². The first-order valence-corrected chi connectivity index (χ1v) is 15.7. The van der Waals surface area contributed by atoms with Gasteiger partial charge in [0.1, 0.15) is 16.9 Å². The van der Waals surface area contributed by atoms with Gasteiger partial charge in [-0.3, -0.25) is 14.4 Å². The molecule has 4 aromatic rings. The summed E-state index contributed by atoms with van der Waals surface area (Å²) in [5.74, 6) is 0.811. The normalized spacial score (nSPS) is 19.1. The van der Waals surface area contributed by atoms with Gasteiger partial charge in [-0.15, -0.1) is 0 Å². The molecule has 0 unspecified atom stereocenters. The van der Waals surface area contributed by atoms with Crippen molar-refractivity contribution >= 4 is 34.2 Å². The molecule has 13 heteroatoms. The summed E-state index contributed by atoms with van der Waals surface area (Å²) >= 11 is 0. The maximum atomic E-state index is 15.4. The highest BCUT2D eigenvalue weighted by atomic mass is 19.1. The number of fused-ring (bicyclic) bond motifs is 2. The minimum absolute atomic E-state index is 0.0598. The Morgan fingerprint density at radius 3 is 2.64 bits per heavy atom. The zero-order valence-electron chi connectivity index (χ0n) is 25.9. The van der Waals surface area contributed by atoms with Crippen LogP contribution >= 0.6 is 0 Å². The van der Waals surface area contributed by atoms with Gasteiger partial charge in [0, 0.05) is 49.7 Å². The Labute approximate surface area is 260 Å². The molecule has 1 aromatic carbocycles. The minimum atomic E-state index is -1.42. The number of alkyl halides is 1. The van der Waals surface area contributed by atoms with Gasteiger partial charge in [-0.05, 0) is 64.5 Å². The first kappa shape index (κ1) is 29.5. The van der Waals surface area contributed by atoms with Crippen LogP contribution in [0.25, 0.3) is 16.6 Å². The van der Waals surface area contributed by atoms with E-state index in [-0.39, 0.29) is 25.0 Å². The molecule has 5 heterocycles. The third-order valence-corrected chi connectivity index (χ3v) is 8.61. The Kier molecular flexibility index (Phi) is 7.38. The number of halogens is 1. The Balaban J connectivity index is 1.01. The lowest BCUT2D eigenvalue weighted by Gasteiger charge is -2.47. The van der Waals surface area contributed by atoms with E-state index in [1.165, 1.54) is 11.1 Å². The van der Waals surface area contributed by atoms with E-state index in [4.69, 9.17) is 14.6 Å². The lowest BCUT2D eigenvalue weighted by atomic mass is 9.94. The Morgan fingerprint density at radius 2 is 1.91 bits per heavy atom. The lowest BCUT2D eigenvalue weighted by Crippen LogP contribution is -2.65.